The Hall–Kier alpha value is -3.24. The van der Waals surface area contributed by atoms with Crippen LogP contribution in [0.25, 0.3) is 11.3 Å². The molecule has 0 aliphatic heterocycles. The van der Waals surface area contributed by atoms with E-state index in [1.165, 1.54) is 35.7 Å². The molecule has 3 rings (SSSR count). The molecule has 1 amide bonds. The first kappa shape index (κ1) is 21.5. The standard InChI is InChI=1S/C20H22N4O5S/c1-4-24(5-2)30(26,27)15-8-9-18(28-3)16(11-15)22-20(25)17-12-19(29-23-17)14-7-6-10-21-13-14/h6-13H,4-5H2,1-3H3,(H,22,25). The van der Waals surface area contributed by atoms with E-state index in [-0.39, 0.29) is 16.3 Å². The third-order valence-electron chi connectivity index (χ3n) is 4.45. The third-order valence-corrected chi connectivity index (χ3v) is 6.50. The van der Waals surface area contributed by atoms with Crippen LogP contribution < -0.4 is 10.1 Å². The normalized spacial score (nSPS) is 11.5. The number of nitrogens with one attached hydrogen (secondary N) is 1. The summed E-state index contributed by atoms with van der Waals surface area (Å²) in [4.78, 5) is 16.7. The molecule has 0 unspecified atom stereocenters. The maximum atomic E-state index is 12.8. The molecule has 10 heteroatoms. The van der Waals surface area contributed by atoms with Crippen molar-refractivity contribution in [3.63, 3.8) is 0 Å². The van der Waals surface area contributed by atoms with Crippen molar-refractivity contribution in [1.29, 1.82) is 0 Å². The van der Waals surface area contributed by atoms with E-state index in [0.29, 0.717) is 30.2 Å². The average Bonchev–Trinajstić information content (AvgIpc) is 3.25. The van der Waals surface area contributed by atoms with Gasteiger partial charge in [-0.2, -0.15) is 4.31 Å². The van der Waals surface area contributed by atoms with Crippen molar-refractivity contribution in [2.24, 2.45) is 0 Å². The summed E-state index contributed by atoms with van der Waals surface area (Å²) in [5, 5.41) is 6.43. The van der Waals surface area contributed by atoms with Gasteiger partial charge in [-0.15, -0.1) is 0 Å². The van der Waals surface area contributed by atoms with Gasteiger partial charge in [-0.3, -0.25) is 9.78 Å². The molecule has 0 atom stereocenters. The van der Waals surface area contributed by atoms with Crippen LogP contribution in [0.4, 0.5) is 5.69 Å². The minimum atomic E-state index is -3.70. The molecule has 0 spiro atoms. The number of hydrogen-bond acceptors (Lipinski definition) is 7. The zero-order valence-corrected chi connectivity index (χ0v) is 17.6. The highest BCUT2D eigenvalue weighted by Crippen LogP contribution is 2.29. The van der Waals surface area contributed by atoms with Crippen LogP contribution in [0.1, 0.15) is 24.3 Å². The van der Waals surface area contributed by atoms with Gasteiger partial charge in [0.15, 0.2) is 11.5 Å². The van der Waals surface area contributed by atoms with Gasteiger partial charge in [0.1, 0.15) is 5.75 Å². The number of rotatable bonds is 8. The van der Waals surface area contributed by atoms with E-state index in [1.54, 1.807) is 38.4 Å². The van der Waals surface area contributed by atoms with Gasteiger partial charge in [-0.05, 0) is 30.3 Å². The number of methoxy groups -OCH3 is 1. The minimum Gasteiger partial charge on any atom is -0.495 e. The number of hydrogen-bond donors (Lipinski definition) is 1. The van der Waals surface area contributed by atoms with E-state index in [2.05, 4.69) is 15.5 Å². The fourth-order valence-corrected chi connectivity index (χ4v) is 4.36. The number of anilines is 1. The second-order valence-electron chi connectivity index (χ2n) is 6.22. The zero-order valence-electron chi connectivity index (χ0n) is 16.8. The Morgan fingerprint density at radius 2 is 1.97 bits per heavy atom. The number of amides is 1. The molecule has 0 fully saturated rings. The van der Waals surface area contributed by atoms with Crippen molar-refractivity contribution in [2.45, 2.75) is 18.7 Å². The highest BCUT2D eigenvalue weighted by Gasteiger charge is 2.24. The van der Waals surface area contributed by atoms with Crippen molar-refractivity contribution in [1.82, 2.24) is 14.4 Å². The maximum Gasteiger partial charge on any atom is 0.277 e. The summed E-state index contributed by atoms with van der Waals surface area (Å²) >= 11 is 0. The van der Waals surface area contributed by atoms with E-state index < -0.39 is 15.9 Å². The number of sulfonamides is 1. The smallest absolute Gasteiger partial charge is 0.277 e. The molecule has 1 aromatic carbocycles. The lowest BCUT2D eigenvalue weighted by atomic mass is 10.2. The summed E-state index contributed by atoms with van der Waals surface area (Å²) in [7, 11) is -2.26. The SMILES string of the molecule is CCN(CC)S(=O)(=O)c1ccc(OC)c(NC(=O)c2cc(-c3cccnc3)on2)c1. The van der Waals surface area contributed by atoms with Crippen molar-refractivity contribution in [2.75, 3.05) is 25.5 Å². The molecule has 9 nitrogen and oxygen atoms in total. The van der Waals surface area contributed by atoms with Gasteiger partial charge in [0, 0.05) is 37.1 Å². The summed E-state index contributed by atoms with van der Waals surface area (Å²) in [5.41, 5.74) is 0.920. The van der Waals surface area contributed by atoms with E-state index in [9.17, 15) is 13.2 Å². The molecule has 0 bridgehead atoms. The lowest BCUT2D eigenvalue weighted by molar-refractivity contribution is 0.101. The predicted octanol–water partition coefficient (Wildman–Crippen LogP) is 3.03. The number of ether oxygens (including phenoxy) is 1. The van der Waals surface area contributed by atoms with Crippen LogP contribution in [-0.4, -0.2) is 49.0 Å². The fourth-order valence-electron chi connectivity index (χ4n) is 2.87. The molecular formula is C20H22N4O5S. The Morgan fingerprint density at radius 3 is 2.60 bits per heavy atom. The van der Waals surface area contributed by atoms with Crippen LogP contribution in [0.2, 0.25) is 0 Å². The zero-order chi connectivity index (χ0) is 21.7. The molecule has 0 radical (unpaired) electrons. The second-order valence-corrected chi connectivity index (χ2v) is 8.16. The van der Waals surface area contributed by atoms with Crippen molar-refractivity contribution < 1.29 is 22.5 Å². The van der Waals surface area contributed by atoms with Gasteiger partial charge >= 0.3 is 0 Å². The number of pyridine rings is 1. The molecule has 0 aliphatic rings. The number of carbonyl (C=O) groups is 1. The summed E-state index contributed by atoms with van der Waals surface area (Å²) in [5.74, 6) is 0.139. The molecule has 30 heavy (non-hydrogen) atoms. The summed E-state index contributed by atoms with van der Waals surface area (Å²) in [6.07, 6.45) is 3.21. The Labute approximate surface area is 174 Å². The summed E-state index contributed by atoms with van der Waals surface area (Å²) in [6.45, 7) is 4.20. The Kier molecular flexibility index (Phi) is 6.48. The molecule has 1 N–H and O–H groups in total. The molecule has 0 aliphatic carbocycles. The predicted molar refractivity (Wildman–Crippen MR) is 111 cm³/mol. The molecule has 2 aromatic heterocycles. The average molecular weight is 430 g/mol. The van der Waals surface area contributed by atoms with Crippen LogP contribution in [0.15, 0.2) is 58.2 Å². The van der Waals surface area contributed by atoms with Crippen LogP contribution >= 0.6 is 0 Å². The topological polar surface area (TPSA) is 115 Å². The highest BCUT2D eigenvalue weighted by atomic mass is 32.2. The maximum absolute atomic E-state index is 12.8. The minimum absolute atomic E-state index is 0.0351. The van der Waals surface area contributed by atoms with E-state index in [0.717, 1.165) is 0 Å². The van der Waals surface area contributed by atoms with Gasteiger partial charge < -0.3 is 14.6 Å². The van der Waals surface area contributed by atoms with Crippen molar-refractivity contribution in [3.05, 3.63) is 54.5 Å². The molecule has 3 aromatic rings. The number of carbonyl (C=O) groups excluding carboxylic acids is 1. The Morgan fingerprint density at radius 1 is 1.20 bits per heavy atom. The number of aromatic nitrogens is 2. The molecule has 0 saturated heterocycles. The molecule has 2 heterocycles. The number of benzene rings is 1. The van der Waals surface area contributed by atoms with E-state index in [4.69, 9.17) is 9.26 Å². The van der Waals surface area contributed by atoms with Gasteiger partial charge in [0.25, 0.3) is 5.91 Å². The van der Waals surface area contributed by atoms with Crippen molar-refractivity contribution in [3.8, 4) is 17.1 Å². The second kappa shape index (κ2) is 9.06. The third kappa shape index (κ3) is 4.34. The summed E-state index contributed by atoms with van der Waals surface area (Å²) < 4.78 is 37.4. The molecular weight excluding hydrogens is 408 g/mol. The van der Waals surface area contributed by atoms with Crippen LogP contribution in [0.5, 0.6) is 5.75 Å². The first-order chi connectivity index (χ1) is 14.4. The van der Waals surface area contributed by atoms with Crippen LogP contribution in [0.3, 0.4) is 0 Å². The van der Waals surface area contributed by atoms with E-state index >= 15 is 0 Å². The monoisotopic (exact) mass is 430 g/mol. The highest BCUT2D eigenvalue weighted by molar-refractivity contribution is 7.89. The lowest BCUT2D eigenvalue weighted by Gasteiger charge is -2.19. The molecule has 0 saturated carbocycles. The lowest BCUT2D eigenvalue weighted by Crippen LogP contribution is -2.30. The summed E-state index contributed by atoms with van der Waals surface area (Å²) in [6, 6.07) is 9.31. The van der Waals surface area contributed by atoms with Gasteiger partial charge in [-0.1, -0.05) is 19.0 Å². The Bertz CT molecular complexity index is 1130. The van der Waals surface area contributed by atoms with Gasteiger partial charge in [-0.25, -0.2) is 8.42 Å². The fraction of sp³-hybridized carbons (Fsp3) is 0.250. The van der Waals surface area contributed by atoms with E-state index in [1.807, 2.05) is 0 Å². The number of nitrogens with zero attached hydrogens (tertiary/aromatic N) is 3. The quantitative estimate of drug-likeness (QED) is 0.584. The Balaban J connectivity index is 1.89. The first-order valence-electron chi connectivity index (χ1n) is 9.27. The van der Waals surface area contributed by atoms with Gasteiger partial charge in [0.05, 0.1) is 17.7 Å². The van der Waals surface area contributed by atoms with Gasteiger partial charge in [0.2, 0.25) is 10.0 Å². The first-order valence-corrected chi connectivity index (χ1v) is 10.7. The van der Waals surface area contributed by atoms with Crippen molar-refractivity contribution >= 4 is 21.6 Å². The largest absolute Gasteiger partial charge is 0.495 e. The van der Waals surface area contributed by atoms with Crippen LogP contribution in [-0.2, 0) is 10.0 Å². The van der Waals surface area contributed by atoms with Crippen LogP contribution in [0, 0.1) is 0 Å². The molecule has 158 valence electrons.